The van der Waals surface area contributed by atoms with Crippen LogP contribution in [0.15, 0.2) is 24.3 Å². The summed E-state index contributed by atoms with van der Waals surface area (Å²) in [4.78, 5) is 10.7. The van der Waals surface area contributed by atoms with Gasteiger partial charge in [0, 0.05) is 0 Å². The molecular formula is C13H15N3O2. The number of rotatable bonds is 4. The van der Waals surface area contributed by atoms with Gasteiger partial charge in [-0.15, -0.1) is 5.10 Å². The molecule has 0 unspecified atom stereocenters. The minimum atomic E-state index is -0.895. The van der Waals surface area contributed by atoms with E-state index in [0.29, 0.717) is 5.69 Å². The van der Waals surface area contributed by atoms with Crippen LogP contribution in [0.3, 0.4) is 0 Å². The first-order valence-electron chi connectivity index (χ1n) is 5.84. The number of aliphatic carboxylic acids is 1. The highest BCUT2D eigenvalue weighted by atomic mass is 16.4. The molecule has 0 bridgehead atoms. The van der Waals surface area contributed by atoms with Crippen molar-refractivity contribution in [2.75, 3.05) is 0 Å². The van der Waals surface area contributed by atoms with E-state index in [0.717, 1.165) is 23.4 Å². The second-order valence-electron chi connectivity index (χ2n) is 4.09. The maximum absolute atomic E-state index is 10.7. The fourth-order valence-corrected chi connectivity index (χ4v) is 1.91. The number of aromatic nitrogens is 3. The number of carbonyl (C=O) groups is 1. The fourth-order valence-electron chi connectivity index (χ4n) is 1.91. The van der Waals surface area contributed by atoms with Crippen LogP contribution >= 0.6 is 0 Å². The van der Waals surface area contributed by atoms with E-state index >= 15 is 0 Å². The lowest BCUT2D eigenvalue weighted by atomic mass is 10.1. The zero-order chi connectivity index (χ0) is 13.1. The summed E-state index contributed by atoms with van der Waals surface area (Å²) in [6.45, 7) is 3.91. The van der Waals surface area contributed by atoms with Crippen molar-refractivity contribution in [3.63, 3.8) is 0 Å². The van der Waals surface area contributed by atoms with Crippen molar-refractivity contribution in [1.29, 1.82) is 0 Å². The van der Waals surface area contributed by atoms with Crippen LogP contribution in [0.2, 0.25) is 0 Å². The SMILES string of the molecule is CCc1ccccc1-n1nnc(CC(=O)O)c1C. The molecule has 0 amide bonds. The van der Waals surface area contributed by atoms with Gasteiger partial charge in [0.1, 0.15) is 0 Å². The Bertz CT molecular complexity index is 575. The molecule has 0 spiro atoms. The number of hydrogen-bond acceptors (Lipinski definition) is 3. The second kappa shape index (κ2) is 5.00. The summed E-state index contributed by atoms with van der Waals surface area (Å²) < 4.78 is 1.71. The third-order valence-electron chi connectivity index (χ3n) is 2.91. The molecule has 2 aromatic rings. The Kier molecular flexibility index (Phi) is 3.41. The van der Waals surface area contributed by atoms with Crippen molar-refractivity contribution in [2.45, 2.75) is 26.7 Å². The maximum atomic E-state index is 10.7. The van der Waals surface area contributed by atoms with Gasteiger partial charge in [-0.2, -0.15) is 0 Å². The summed E-state index contributed by atoms with van der Waals surface area (Å²) in [5, 5.41) is 16.8. The van der Waals surface area contributed by atoms with Gasteiger partial charge in [0.25, 0.3) is 0 Å². The van der Waals surface area contributed by atoms with Gasteiger partial charge < -0.3 is 5.11 Å². The van der Waals surface area contributed by atoms with E-state index in [4.69, 9.17) is 5.11 Å². The van der Waals surface area contributed by atoms with Crippen molar-refractivity contribution in [1.82, 2.24) is 15.0 Å². The molecule has 1 heterocycles. The molecule has 2 rings (SSSR count). The fraction of sp³-hybridized carbons (Fsp3) is 0.308. The Morgan fingerprint density at radius 3 is 2.78 bits per heavy atom. The molecule has 94 valence electrons. The van der Waals surface area contributed by atoms with Gasteiger partial charge in [-0.1, -0.05) is 30.3 Å². The maximum Gasteiger partial charge on any atom is 0.309 e. The molecule has 0 aliphatic rings. The zero-order valence-corrected chi connectivity index (χ0v) is 10.4. The molecule has 0 aliphatic heterocycles. The lowest BCUT2D eigenvalue weighted by Gasteiger charge is -2.08. The summed E-state index contributed by atoms with van der Waals surface area (Å²) in [7, 11) is 0. The summed E-state index contributed by atoms with van der Waals surface area (Å²) in [6.07, 6.45) is 0.795. The van der Waals surface area contributed by atoms with Gasteiger partial charge in [0.05, 0.1) is 23.5 Å². The lowest BCUT2D eigenvalue weighted by molar-refractivity contribution is -0.136. The standard InChI is InChI=1S/C13H15N3O2/c1-3-10-6-4-5-7-12(10)16-9(2)11(14-15-16)8-13(17)18/h4-7H,3,8H2,1-2H3,(H,17,18). The number of carboxylic acid groups (broad SMARTS) is 1. The Morgan fingerprint density at radius 2 is 2.11 bits per heavy atom. The first-order valence-corrected chi connectivity index (χ1v) is 5.84. The number of nitrogens with zero attached hydrogens (tertiary/aromatic N) is 3. The van der Waals surface area contributed by atoms with Crippen molar-refractivity contribution in [3.8, 4) is 5.69 Å². The first-order chi connectivity index (χ1) is 8.63. The van der Waals surface area contributed by atoms with Crippen LogP contribution in [0.4, 0.5) is 0 Å². The van der Waals surface area contributed by atoms with Gasteiger partial charge in [-0.05, 0) is 25.0 Å². The highest BCUT2D eigenvalue weighted by Crippen LogP contribution is 2.17. The van der Waals surface area contributed by atoms with E-state index in [1.54, 1.807) is 4.68 Å². The Hall–Kier alpha value is -2.17. The summed E-state index contributed by atoms with van der Waals surface area (Å²) in [5.41, 5.74) is 3.40. The molecule has 1 N–H and O–H groups in total. The van der Waals surface area contributed by atoms with E-state index in [9.17, 15) is 4.79 Å². The normalized spacial score (nSPS) is 10.6. The van der Waals surface area contributed by atoms with Crippen molar-refractivity contribution in [3.05, 3.63) is 41.2 Å². The van der Waals surface area contributed by atoms with Gasteiger partial charge in [0.2, 0.25) is 0 Å². The molecular weight excluding hydrogens is 230 g/mol. The first kappa shape index (κ1) is 12.3. The minimum Gasteiger partial charge on any atom is -0.481 e. The molecule has 0 saturated carbocycles. The van der Waals surface area contributed by atoms with E-state index < -0.39 is 5.97 Å². The molecule has 0 atom stereocenters. The summed E-state index contributed by atoms with van der Waals surface area (Å²) >= 11 is 0. The van der Waals surface area contributed by atoms with Crippen LogP contribution in [-0.4, -0.2) is 26.1 Å². The van der Waals surface area contributed by atoms with Gasteiger partial charge in [-0.3, -0.25) is 4.79 Å². The quantitative estimate of drug-likeness (QED) is 0.891. The van der Waals surface area contributed by atoms with E-state index in [1.165, 1.54) is 0 Å². The van der Waals surface area contributed by atoms with Gasteiger partial charge in [0.15, 0.2) is 0 Å². The van der Waals surface area contributed by atoms with Crippen LogP contribution in [-0.2, 0) is 17.6 Å². The smallest absolute Gasteiger partial charge is 0.309 e. The average Bonchev–Trinajstić information content (AvgIpc) is 2.70. The minimum absolute atomic E-state index is 0.0971. The number of carboxylic acids is 1. The molecule has 0 saturated heterocycles. The Morgan fingerprint density at radius 1 is 1.39 bits per heavy atom. The molecule has 1 aromatic carbocycles. The third-order valence-corrected chi connectivity index (χ3v) is 2.91. The molecule has 0 radical (unpaired) electrons. The van der Waals surface area contributed by atoms with Crippen LogP contribution < -0.4 is 0 Å². The van der Waals surface area contributed by atoms with Gasteiger partial charge >= 0.3 is 5.97 Å². The predicted octanol–water partition coefficient (Wildman–Crippen LogP) is 1.77. The highest BCUT2D eigenvalue weighted by molar-refractivity contribution is 5.69. The lowest BCUT2D eigenvalue weighted by Crippen LogP contribution is -2.05. The summed E-state index contributed by atoms with van der Waals surface area (Å²) in [6, 6.07) is 7.91. The highest BCUT2D eigenvalue weighted by Gasteiger charge is 2.14. The summed E-state index contributed by atoms with van der Waals surface area (Å²) in [5.74, 6) is -0.895. The van der Waals surface area contributed by atoms with Gasteiger partial charge in [-0.25, -0.2) is 4.68 Å². The van der Waals surface area contributed by atoms with E-state index in [1.807, 2.05) is 31.2 Å². The van der Waals surface area contributed by atoms with Crippen molar-refractivity contribution < 1.29 is 9.90 Å². The molecule has 0 aliphatic carbocycles. The molecule has 1 aromatic heterocycles. The van der Waals surface area contributed by atoms with Crippen LogP contribution in [0.25, 0.3) is 5.69 Å². The van der Waals surface area contributed by atoms with Crippen LogP contribution in [0.1, 0.15) is 23.9 Å². The average molecular weight is 245 g/mol. The topological polar surface area (TPSA) is 68.0 Å². The van der Waals surface area contributed by atoms with Crippen molar-refractivity contribution >= 4 is 5.97 Å². The number of benzene rings is 1. The molecule has 0 fully saturated rings. The Balaban J connectivity index is 2.45. The van der Waals surface area contributed by atoms with Crippen LogP contribution in [0.5, 0.6) is 0 Å². The number of aryl methyl sites for hydroxylation is 1. The van der Waals surface area contributed by atoms with E-state index in [2.05, 4.69) is 17.2 Å². The van der Waals surface area contributed by atoms with Crippen molar-refractivity contribution in [2.24, 2.45) is 0 Å². The largest absolute Gasteiger partial charge is 0.481 e. The monoisotopic (exact) mass is 245 g/mol. The zero-order valence-electron chi connectivity index (χ0n) is 10.4. The van der Waals surface area contributed by atoms with E-state index in [-0.39, 0.29) is 6.42 Å². The molecule has 18 heavy (non-hydrogen) atoms. The van der Waals surface area contributed by atoms with Crippen LogP contribution in [0, 0.1) is 6.92 Å². The second-order valence-corrected chi connectivity index (χ2v) is 4.09. The molecule has 5 nitrogen and oxygen atoms in total. The third kappa shape index (κ3) is 2.25. The Labute approximate surface area is 105 Å². The number of para-hydroxylation sites is 1. The predicted molar refractivity (Wildman–Crippen MR) is 66.8 cm³/mol. The molecule has 5 heteroatoms. The number of hydrogen-bond donors (Lipinski definition) is 1.